The van der Waals surface area contributed by atoms with E-state index in [9.17, 15) is 4.79 Å². The van der Waals surface area contributed by atoms with Crippen LogP contribution in [0, 0.1) is 0 Å². The van der Waals surface area contributed by atoms with Gasteiger partial charge in [0.15, 0.2) is 0 Å². The molecule has 150 valence electrons. The Balaban J connectivity index is 1.76. The number of pyridine rings is 2. The minimum atomic E-state index is -0.187. The van der Waals surface area contributed by atoms with Gasteiger partial charge >= 0.3 is 0 Å². The first-order valence-corrected chi connectivity index (χ1v) is 9.50. The fraction of sp³-hybridized carbons (Fsp3) is 0.125. The van der Waals surface area contributed by atoms with Gasteiger partial charge in [0.05, 0.1) is 43.2 Å². The van der Waals surface area contributed by atoms with Crippen LogP contribution in [0.25, 0.3) is 22.2 Å². The molecule has 0 saturated carbocycles. The van der Waals surface area contributed by atoms with E-state index >= 15 is 0 Å². The van der Waals surface area contributed by atoms with Crippen molar-refractivity contribution < 1.29 is 14.3 Å². The Hall–Kier alpha value is -3.93. The van der Waals surface area contributed by atoms with E-state index in [-0.39, 0.29) is 5.91 Å². The van der Waals surface area contributed by atoms with Gasteiger partial charge in [-0.1, -0.05) is 24.3 Å². The van der Waals surface area contributed by atoms with Crippen molar-refractivity contribution in [2.75, 3.05) is 14.2 Å². The fourth-order valence-electron chi connectivity index (χ4n) is 3.28. The van der Waals surface area contributed by atoms with E-state index in [2.05, 4.69) is 10.3 Å². The van der Waals surface area contributed by atoms with Gasteiger partial charge in [-0.15, -0.1) is 0 Å². The summed E-state index contributed by atoms with van der Waals surface area (Å²) in [5, 5.41) is 3.74. The summed E-state index contributed by atoms with van der Waals surface area (Å²) < 4.78 is 10.8. The van der Waals surface area contributed by atoms with Crippen molar-refractivity contribution in [2.24, 2.45) is 0 Å². The Morgan fingerprint density at radius 2 is 1.80 bits per heavy atom. The zero-order valence-electron chi connectivity index (χ0n) is 16.8. The number of hydrogen-bond donors (Lipinski definition) is 1. The second-order valence-corrected chi connectivity index (χ2v) is 6.64. The second-order valence-electron chi connectivity index (χ2n) is 6.64. The van der Waals surface area contributed by atoms with Crippen molar-refractivity contribution >= 4 is 16.8 Å². The van der Waals surface area contributed by atoms with E-state index in [0.717, 1.165) is 22.2 Å². The highest BCUT2D eigenvalue weighted by Crippen LogP contribution is 2.34. The molecule has 0 radical (unpaired) electrons. The summed E-state index contributed by atoms with van der Waals surface area (Å²) in [7, 11) is 3.20. The molecule has 0 aliphatic carbocycles. The molecule has 30 heavy (non-hydrogen) atoms. The molecule has 0 fully saturated rings. The largest absolute Gasteiger partial charge is 0.497 e. The molecule has 6 nitrogen and oxygen atoms in total. The third kappa shape index (κ3) is 3.93. The Bertz CT molecular complexity index is 1190. The summed E-state index contributed by atoms with van der Waals surface area (Å²) in [6.45, 7) is 0.345. The standard InChI is InChI=1S/C24H21N3O3/c1-29-17-10-11-19(23(13-17)30-2)22-14-20(18-8-3-4-9-21(18)27-22)24(28)26-15-16-7-5-6-12-25-16/h3-14H,15H2,1-2H3,(H,26,28). The molecular weight excluding hydrogens is 378 g/mol. The van der Waals surface area contributed by atoms with Crippen molar-refractivity contribution in [3.8, 4) is 22.8 Å². The minimum Gasteiger partial charge on any atom is -0.497 e. The van der Waals surface area contributed by atoms with Crippen molar-refractivity contribution in [1.29, 1.82) is 0 Å². The van der Waals surface area contributed by atoms with Crippen molar-refractivity contribution in [3.05, 3.63) is 84.2 Å². The lowest BCUT2D eigenvalue weighted by Gasteiger charge is -2.13. The average Bonchev–Trinajstić information content (AvgIpc) is 2.82. The van der Waals surface area contributed by atoms with Gasteiger partial charge in [-0.05, 0) is 36.4 Å². The normalized spacial score (nSPS) is 10.6. The molecule has 0 unspecified atom stereocenters. The molecule has 2 aromatic heterocycles. The van der Waals surface area contributed by atoms with Gasteiger partial charge in [0.1, 0.15) is 11.5 Å². The molecule has 0 saturated heterocycles. The van der Waals surface area contributed by atoms with Crippen molar-refractivity contribution in [1.82, 2.24) is 15.3 Å². The predicted molar refractivity (Wildman–Crippen MR) is 116 cm³/mol. The van der Waals surface area contributed by atoms with Gasteiger partial charge in [0.2, 0.25) is 0 Å². The van der Waals surface area contributed by atoms with Crippen LogP contribution >= 0.6 is 0 Å². The maximum Gasteiger partial charge on any atom is 0.252 e. The number of nitrogens with zero attached hydrogens (tertiary/aromatic N) is 2. The molecule has 4 rings (SSSR count). The molecule has 6 heteroatoms. The quantitative estimate of drug-likeness (QED) is 0.525. The van der Waals surface area contributed by atoms with Gasteiger partial charge in [0.25, 0.3) is 5.91 Å². The zero-order chi connectivity index (χ0) is 20.9. The van der Waals surface area contributed by atoms with E-state index in [1.165, 1.54) is 0 Å². The van der Waals surface area contributed by atoms with Gasteiger partial charge in [-0.2, -0.15) is 0 Å². The zero-order valence-corrected chi connectivity index (χ0v) is 16.8. The highest BCUT2D eigenvalue weighted by Gasteiger charge is 2.16. The minimum absolute atomic E-state index is 0.187. The SMILES string of the molecule is COc1ccc(-c2cc(C(=O)NCc3ccccn3)c3ccccc3n2)c(OC)c1. The van der Waals surface area contributed by atoms with E-state index in [1.54, 1.807) is 32.5 Å². The molecule has 0 aliphatic heterocycles. The van der Waals surface area contributed by atoms with Crippen LogP contribution in [0.3, 0.4) is 0 Å². The summed E-state index contributed by atoms with van der Waals surface area (Å²) in [6.07, 6.45) is 1.71. The Morgan fingerprint density at radius 1 is 0.967 bits per heavy atom. The number of benzene rings is 2. The number of methoxy groups -OCH3 is 2. The van der Waals surface area contributed by atoms with Crippen molar-refractivity contribution in [2.45, 2.75) is 6.54 Å². The number of aromatic nitrogens is 2. The van der Waals surface area contributed by atoms with Gasteiger partial charge in [-0.25, -0.2) is 4.98 Å². The summed E-state index contributed by atoms with van der Waals surface area (Å²) in [6, 6.07) is 20.5. The lowest BCUT2D eigenvalue weighted by Crippen LogP contribution is -2.23. The molecule has 1 N–H and O–H groups in total. The van der Waals surface area contributed by atoms with Crippen LogP contribution in [0.15, 0.2) is 72.9 Å². The van der Waals surface area contributed by atoms with E-state index < -0.39 is 0 Å². The first kappa shape index (κ1) is 19.4. The predicted octanol–water partition coefficient (Wildman–Crippen LogP) is 4.24. The summed E-state index contributed by atoms with van der Waals surface area (Å²) in [4.78, 5) is 22.1. The third-order valence-electron chi connectivity index (χ3n) is 4.80. The number of fused-ring (bicyclic) bond motifs is 1. The highest BCUT2D eigenvalue weighted by molar-refractivity contribution is 6.07. The van der Waals surface area contributed by atoms with Crippen LogP contribution in [-0.4, -0.2) is 30.1 Å². The maximum atomic E-state index is 13.1. The molecule has 2 heterocycles. The van der Waals surface area contributed by atoms with E-state index in [4.69, 9.17) is 14.5 Å². The van der Waals surface area contributed by atoms with E-state index in [0.29, 0.717) is 29.3 Å². The molecule has 0 bridgehead atoms. The lowest BCUT2D eigenvalue weighted by atomic mass is 10.0. The van der Waals surface area contributed by atoms with Crippen LogP contribution in [0.1, 0.15) is 16.1 Å². The Labute approximate surface area is 174 Å². The van der Waals surface area contributed by atoms with E-state index in [1.807, 2.05) is 54.6 Å². The maximum absolute atomic E-state index is 13.1. The number of carbonyl (C=O) groups excluding carboxylic acids is 1. The molecule has 0 spiro atoms. The van der Waals surface area contributed by atoms with Crippen LogP contribution in [0.2, 0.25) is 0 Å². The van der Waals surface area contributed by atoms with Crippen LogP contribution in [0.4, 0.5) is 0 Å². The fourth-order valence-corrected chi connectivity index (χ4v) is 3.28. The van der Waals surface area contributed by atoms with Gasteiger partial charge in [0, 0.05) is 23.2 Å². The molecule has 1 amide bonds. The number of hydrogen-bond acceptors (Lipinski definition) is 5. The molecule has 2 aromatic carbocycles. The number of nitrogens with one attached hydrogen (secondary N) is 1. The monoisotopic (exact) mass is 399 g/mol. The summed E-state index contributed by atoms with van der Waals surface area (Å²) in [5.74, 6) is 1.12. The lowest BCUT2D eigenvalue weighted by molar-refractivity contribution is 0.0952. The number of carbonyl (C=O) groups is 1. The Morgan fingerprint density at radius 3 is 2.57 bits per heavy atom. The molecule has 0 aliphatic rings. The molecule has 4 aromatic rings. The van der Waals surface area contributed by atoms with Gasteiger partial charge < -0.3 is 14.8 Å². The smallest absolute Gasteiger partial charge is 0.252 e. The number of para-hydroxylation sites is 1. The number of rotatable bonds is 6. The topological polar surface area (TPSA) is 73.3 Å². The van der Waals surface area contributed by atoms with Crippen LogP contribution in [0.5, 0.6) is 11.5 Å². The molecule has 0 atom stereocenters. The second kappa shape index (κ2) is 8.61. The highest BCUT2D eigenvalue weighted by atomic mass is 16.5. The number of ether oxygens (including phenoxy) is 2. The Kier molecular flexibility index (Phi) is 5.57. The number of amides is 1. The third-order valence-corrected chi connectivity index (χ3v) is 4.80. The first-order valence-electron chi connectivity index (χ1n) is 9.50. The molecular formula is C24H21N3O3. The van der Waals surface area contributed by atoms with Gasteiger partial charge in [-0.3, -0.25) is 9.78 Å². The summed E-state index contributed by atoms with van der Waals surface area (Å²) in [5.41, 5.74) is 3.50. The summed E-state index contributed by atoms with van der Waals surface area (Å²) >= 11 is 0. The van der Waals surface area contributed by atoms with Crippen LogP contribution < -0.4 is 14.8 Å². The first-order chi connectivity index (χ1) is 14.7. The average molecular weight is 399 g/mol. The van der Waals surface area contributed by atoms with Crippen molar-refractivity contribution in [3.63, 3.8) is 0 Å². The van der Waals surface area contributed by atoms with Crippen LogP contribution in [-0.2, 0) is 6.54 Å².